The van der Waals surface area contributed by atoms with Gasteiger partial charge in [0.05, 0.1) is 0 Å². The lowest BCUT2D eigenvalue weighted by Crippen LogP contribution is -2.09. The van der Waals surface area contributed by atoms with Gasteiger partial charge in [-0.2, -0.15) is 0 Å². The van der Waals surface area contributed by atoms with Gasteiger partial charge in [0, 0.05) is 31.9 Å². The van der Waals surface area contributed by atoms with Crippen LogP contribution in [-0.2, 0) is 0 Å². The van der Waals surface area contributed by atoms with Crippen molar-refractivity contribution in [2.75, 3.05) is 0 Å². The van der Waals surface area contributed by atoms with Crippen LogP contribution in [-0.4, -0.2) is 5.78 Å². The van der Waals surface area contributed by atoms with Crippen LogP contribution >= 0.6 is 23.2 Å². The van der Waals surface area contributed by atoms with Crippen LogP contribution in [0.15, 0.2) is 48.5 Å². The van der Waals surface area contributed by atoms with Gasteiger partial charge in [-0.05, 0) is 29.3 Å². The lowest BCUT2D eigenvalue weighted by Gasteiger charge is -2.20. The molecule has 1 aliphatic rings. The molecule has 0 saturated heterocycles. The Morgan fingerprint density at radius 1 is 0.600 bits per heavy atom. The van der Waals surface area contributed by atoms with Crippen molar-refractivity contribution >= 4 is 39.8 Å². The molecule has 0 aliphatic heterocycles. The van der Waals surface area contributed by atoms with E-state index >= 15 is 0 Å². The fraction of sp³-hybridized carbons (Fsp3) is 0. The van der Waals surface area contributed by atoms with E-state index in [1.54, 1.807) is 12.1 Å². The fourth-order valence-corrected chi connectivity index (χ4v) is 3.46. The summed E-state index contributed by atoms with van der Waals surface area (Å²) in [4.78, 5) is 12.6. The van der Waals surface area contributed by atoms with Gasteiger partial charge in [-0.15, -0.1) is 0 Å². The lowest BCUT2D eigenvalue weighted by molar-refractivity contribution is 0.104. The summed E-state index contributed by atoms with van der Waals surface area (Å²) in [6, 6.07) is 14.9. The second-order valence-electron chi connectivity index (χ2n) is 4.81. The van der Waals surface area contributed by atoms with Gasteiger partial charge in [0.15, 0.2) is 5.78 Å². The SMILES string of the molecule is O=C1c2ccccc2-c2ccc(Cl)c3c(Cl)ccc1c23. The van der Waals surface area contributed by atoms with Gasteiger partial charge in [0.25, 0.3) is 0 Å². The molecule has 3 aromatic rings. The minimum Gasteiger partial charge on any atom is -0.289 e. The monoisotopic (exact) mass is 298 g/mol. The summed E-state index contributed by atoms with van der Waals surface area (Å²) in [5.74, 6) is 0.0250. The smallest absolute Gasteiger partial charge is 0.194 e. The normalized spacial score (nSPS) is 12.6. The molecular weight excluding hydrogens is 291 g/mol. The van der Waals surface area contributed by atoms with Crippen molar-refractivity contribution in [1.29, 1.82) is 0 Å². The van der Waals surface area contributed by atoms with Gasteiger partial charge in [-0.25, -0.2) is 0 Å². The molecule has 0 spiro atoms. The Hall–Kier alpha value is -1.83. The van der Waals surface area contributed by atoms with E-state index in [0.29, 0.717) is 15.6 Å². The highest BCUT2D eigenvalue weighted by Gasteiger charge is 2.26. The zero-order valence-electron chi connectivity index (χ0n) is 10.3. The third-order valence-electron chi connectivity index (χ3n) is 3.77. The molecule has 0 radical (unpaired) electrons. The van der Waals surface area contributed by atoms with Crippen LogP contribution in [0.1, 0.15) is 15.9 Å². The third kappa shape index (κ3) is 1.42. The first-order valence-electron chi connectivity index (χ1n) is 6.23. The van der Waals surface area contributed by atoms with Crippen LogP contribution in [0.2, 0.25) is 10.0 Å². The molecule has 1 aliphatic carbocycles. The molecule has 0 unspecified atom stereocenters. The molecule has 0 saturated carbocycles. The third-order valence-corrected chi connectivity index (χ3v) is 4.40. The number of hydrogen-bond acceptors (Lipinski definition) is 1. The van der Waals surface area contributed by atoms with E-state index in [1.165, 1.54) is 0 Å². The van der Waals surface area contributed by atoms with E-state index in [4.69, 9.17) is 23.2 Å². The number of ketones is 1. The number of rotatable bonds is 0. The maximum atomic E-state index is 12.6. The summed E-state index contributed by atoms with van der Waals surface area (Å²) >= 11 is 12.5. The number of halogens is 2. The number of hydrogen-bond donors (Lipinski definition) is 0. The van der Waals surface area contributed by atoms with Gasteiger partial charge in [0.1, 0.15) is 0 Å². The van der Waals surface area contributed by atoms with E-state index in [9.17, 15) is 4.79 Å². The highest BCUT2D eigenvalue weighted by molar-refractivity contribution is 6.44. The van der Waals surface area contributed by atoms with E-state index in [2.05, 4.69) is 0 Å². The van der Waals surface area contributed by atoms with Gasteiger partial charge >= 0.3 is 0 Å². The zero-order chi connectivity index (χ0) is 13.9. The Kier molecular flexibility index (Phi) is 2.44. The Labute approximate surface area is 125 Å². The molecule has 0 atom stereocenters. The van der Waals surface area contributed by atoms with Crippen LogP contribution in [0.3, 0.4) is 0 Å². The maximum Gasteiger partial charge on any atom is 0.194 e. The van der Waals surface area contributed by atoms with Crippen molar-refractivity contribution in [3.8, 4) is 11.1 Å². The first-order valence-corrected chi connectivity index (χ1v) is 6.99. The van der Waals surface area contributed by atoms with Crippen LogP contribution in [0.25, 0.3) is 21.9 Å². The average Bonchev–Trinajstić information content (AvgIpc) is 2.47. The average molecular weight is 299 g/mol. The van der Waals surface area contributed by atoms with Crippen molar-refractivity contribution in [1.82, 2.24) is 0 Å². The van der Waals surface area contributed by atoms with E-state index < -0.39 is 0 Å². The molecule has 4 rings (SSSR count). The minimum atomic E-state index is 0.0250. The standard InChI is InChI=1S/C17H8Cl2O/c18-13-7-5-10-9-3-1-2-4-11(9)17(20)12-6-8-14(19)16(13)15(10)12/h1-8H. The second-order valence-corrected chi connectivity index (χ2v) is 5.63. The van der Waals surface area contributed by atoms with Crippen molar-refractivity contribution in [2.24, 2.45) is 0 Å². The molecular formula is C17H8Cl2O. The van der Waals surface area contributed by atoms with E-state index in [0.717, 1.165) is 27.5 Å². The Morgan fingerprint density at radius 2 is 1.20 bits per heavy atom. The fourth-order valence-electron chi connectivity index (χ4n) is 2.89. The molecule has 0 N–H and O–H groups in total. The van der Waals surface area contributed by atoms with Gasteiger partial charge in [-0.3, -0.25) is 4.79 Å². The molecule has 20 heavy (non-hydrogen) atoms. The topological polar surface area (TPSA) is 17.1 Å². The first kappa shape index (κ1) is 12.0. The second kappa shape index (κ2) is 4.08. The number of carbonyl (C=O) groups excluding carboxylic acids is 1. The molecule has 0 fully saturated rings. The molecule has 96 valence electrons. The highest BCUT2D eigenvalue weighted by Crippen LogP contribution is 2.43. The summed E-state index contributed by atoms with van der Waals surface area (Å²) in [7, 11) is 0. The van der Waals surface area contributed by atoms with Crippen LogP contribution in [0.5, 0.6) is 0 Å². The number of fused-ring (bicyclic) bond motifs is 2. The van der Waals surface area contributed by atoms with Crippen LogP contribution in [0.4, 0.5) is 0 Å². The van der Waals surface area contributed by atoms with Crippen molar-refractivity contribution in [3.05, 3.63) is 69.7 Å². The minimum absolute atomic E-state index is 0.0250. The first-order chi connectivity index (χ1) is 9.68. The zero-order valence-corrected chi connectivity index (χ0v) is 11.8. The molecule has 0 bridgehead atoms. The predicted octanol–water partition coefficient (Wildman–Crippen LogP) is 5.36. The Bertz CT molecular complexity index is 889. The summed E-state index contributed by atoms with van der Waals surface area (Å²) in [5.41, 5.74) is 3.34. The van der Waals surface area contributed by atoms with Crippen LogP contribution < -0.4 is 0 Å². The van der Waals surface area contributed by atoms with E-state index in [-0.39, 0.29) is 5.78 Å². The molecule has 0 amide bonds. The largest absolute Gasteiger partial charge is 0.289 e. The van der Waals surface area contributed by atoms with Crippen molar-refractivity contribution < 1.29 is 4.79 Å². The summed E-state index contributed by atoms with van der Waals surface area (Å²) in [5, 5.41) is 2.76. The Morgan fingerprint density at radius 3 is 1.90 bits per heavy atom. The molecule has 1 nitrogen and oxygen atoms in total. The quantitative estimate of drug-likeness (QED) is 0.427. The molecule has 3 aromatic carbocycles. The predicted molar refractivity (Wildman–Crippen MR) is 82.8 cm³/mol. The van der Waals surface area contributed by atoms with Crippen molar-refractivity contribution in [2.45, 2.75) is 0 Å². The van der Waals surface area contributed by atoms with Crippen molar-refractivity contribution in [3.63, 3.8) is 0 Å². The summed E-state index contributed by atoms with van der Waals surface area (Å²) in [6.07, 6.45) is 0. The summed E-state index contributed by atoms with van der Waals surface area (Å²) in [6.45, 7) is 0. The highest BCUT2D eigenvalue weighted by atomic mass is 35.5. The lowest BCUT2D eigenvalue weighted by atomic mass is 9.83. The maximum absolute atomic E-state index is 12.6. The number of carbonyl (C=O) groups is 1. The van der Waals surface area contributed by atoms with Gasteiger partial charge < -0.3 is 0 Å². The number of benzene rings is 3. The van der Waals surface area contributed by atoms with Gasteiger partial charge in [-0.1, -0.05) is 53.5 Å². The molecule has 0 heterocycles. The Balaban J connectivity index is 2.30. The van der Waals surface area contributed by atoms with E-state index in [1.807, 2.05) is 36.4 Å². The molecule has 0 aromatic heterocycles. The van der Waals surface area contributed by atoms with Gasteiger partial charge in [0.2, 0.25) is 0 Å². The van der Waals surface area contributed by atoms with Crippen LogP contribution in [0, 0.1) is 0 Å². The summed E-state index contributed by atoms with van der Waals surface area (Å²) < 4.78 is 0. The molecule has 3 heteroatoms.